The topological polar surface area (TPSA) is 42.9 Å². The summed E-state index contributed by atoms with van der Waals surface area (Å²) < 4.78 is 0.764. The lowest BCUT2D eigenvalue weighted by molar-refractivity contribution is 0.111. The number of hydrogen-bond acceptors (Lipinski definition) is 3. The third kappa shape index (κ3) is 1.57. The molecule has 0 aliphatic heterocycles. The van der Waals surface area contributed by atoms with Crippen LogP contribution in [-0.2, 0) is 0 Å². The molecule has 1 aromatic heterocycles. The summed E-state index contributed by atoms with van der Waals surface area (Å²) in [6, 6.07) is 1.60. The maximum absolute atomic E-state index is 10.0. The maximum atomic E-state index is 10.0. The van der Waals surface area contributed by atoms with E-state index in [-0.39, 0.29) is 0 Å². The maximum Gasteiger partial charge on any atom is 0.170 e. The van der Waals surface area contributed by atoms with Crippen LogP contribution in [0.15, 0.2) is 16.7 Å². The first-order valence-electron chi connectivity index (χ1n) is 2.26. The number of aromatic nitrogens is 2. The normalized spacial score (nSPS) is 9.00. The van der Waals surface area contributed by atoms with E-state index in [0.717, 1.165) is 4.47 Å². The second kappa shape index (κ2) is 2.68. The van der Waals surface area contributed by atoms with E-state index in [1.165, 1.54) is 6.20 Å². The molecule has 0 bridgehead atoms. The number of rotatable bonds is 1. The van der Waals surface area contributed by atoms with Crippen LogP contribution in [0, 0.1) is 0 Å². The van der Waals surface area contributed by atoms with Gasteiger partial charge in [-0.25, -0.2) is 0 Å². The molecule has 9 heavy (non-hydrogen) atoms. The first kappa shape index (κ1) is 6.35. The van der Waals surface area contributed by atoms with Crippen molar-refractivity contribution in [2.45, 2.75) is 0 Å². The number of carbonyl (C=O) groups is 1. The SMILES string of the molecule is O=Cc1cc(Br)cnn1. The Morgan fingerprint density at radius 1 is 1.67 bits per heavy atom. The van der Waals surface area contributed by atoms with Gasteiger partial charge in [0.2, 0.25) is 0 Å². The second-order valence-electron chi connectivity index (χ2n) is 1.42. The van der Waals surface area contributed by atoms with Gasteiger partial charge >= 0.3 is 0 Å². The number of aldehydes is 1. The average Bonchev–Trinajstić information content (AvgIpc) is 1.88. The quantitative estimate of drug-likeness (QED) is 0.617. The number of nitrogens with zero attached hydrogens (tertiary/aromatic N) is 2. The summed E-state index contributed by atoms with van der Waals surface area (Å²) in [7, 11) is 0. The summed E-state index contributed by atoms with van der Waals surface area (Å²) in [4.78, 5) is 10.0. The van der Waals surface area contributed by atoms with Gasteiger partial charge in [0, 0.05) is 4.47 Å². The van der Waals surface area contributed by atoms with Gasteiger partial charge in [-0.3, -0.25) is 4.79 Å². The van der Waals surface area contributed by atoms with E-state index in [0.29, 0.717) is 12.0 Å². The Morgan fingerprint density at radius 2 is 2.44 bits per heavy atom. The Labute approximate surface area is 60.2 Å². The highest BCUT2D eigenvalue weighted by Gasteiger charge is 1.90. The molecule has 1 aromatic rings. The zero-order valence-electron chi connectivity index (χ0n) is 4.41. The van der Waals surface area contributed by atoms with Crippen LogP contribution in [0.1, 0.15) is 10.5 Å². The van der Waals surface area contributed by atoms with Gasteiger partial charge in [0.25, 0.3) is 0 Å². The van der Waals surface area contributed by atoms with Crippen molar-refractivity contribution in [1.82, 2.24) is 10.2 Å². The van der Waals surface area contributed by atoms with Crippen LogP contribution in [0.25, 0.3) is 0 Å². The summed E-state index contributed by atoms with van der Waals surface area (Å²) in [5.41, 5.74) is 0.337. The first-order valence-corrected chi connectivity index (χ1v) is 3.05. The fourth-order valence-electron chi connectivity index (χ4n) is 0.416. The zero-order chi connectivity index (χ0) is 6.69. The molecule has 1 rings (SSSR count). The molecule has 0 spiro atoms. The molecule has 0 atom stereocenters. The van der Waals surface area contributed by atoms with Gasteiger partial charge in [0.15, 0.2) is 6.29 Å². The Bertz CT molecular complexity index is 226. The Morgan fingerprint density at radius 3 is 2.89 bits per heavy atom. The van der Waals surface area contributed by atoms with Gasteiger partial charge in [-0.2, -0.15) is 5.10 Å². The molecule has 4 heteroatoms. The van der Waals surface area contributed by atoms with Gasteiger partial charge in [-0.1, -0.05) is 0 Å². The van der Waals surface area contributed by atoms with E-state index in [4.69, 9.17) is 0 Å². The standard InChI is InChI=1S/C5H3BrN2O/c6-4-1-5(3-9)8-7-2-4/h1-3H. The highest BCUT2D eigenvalue weighted by Crippen LogP contribution is 2.05. The van der Waals surface area contributed by atoms with Crippen molar-refractivity contribution in [1.29, 1.82) is 0 Å². The van der Waals surface area contributed by atoms with Crippen molar-refractivity contribution < 1.29 is 4.79 Å². The Balaban J connectivity index is 3.07. The molecule has 0 aliphatic carbocycles. The minimum atomic E-state index is 0.337. The average molecular weight is 187 g/mol. The summed E-state index contributed by atoms with van der Waals surface area (Å²) in [5, 5.41) is 7.04. The van der Waals surface area contributed by atoms with Gasteiger partial charge in [-0.05, 0) is 22.0 Å². The van der Waals surface area contributed by atoms with E-state index < -0.39 is 0 Å². The highest BCUT2D eigenvalue weighted by molar-refractivity contribution is 9.10. The molecule has 0 N–H and O–H groups in total. The fourth-order valence-corrected chi connectivity index (χ4v) is 0.742. The van der Waals surface area contributed by atoms with Crippen molar-refractivity contribution in [2.75, 3.05) is 0 Å². The number of halogens is 1. The van der Waals surface area contributed by atoms with Crippen LogP contribution in [0.5, 0.6) is 0 Å². The summed E-state index contributed by atoms with van der Waals surface area (Å²) in [5.74, 6) is 0. The van der Waals surface area contributed by atoms with Crippen LogP contribution in [0.2, 0.25) is 0 Å². The van der Waals surface area contributed by atoms with E-state index in [1.807, 2.05) is 0 Å². The molecular weight excluding hydrogens is 184 g/mol. The second-order valence-corrected chi connectivity index (χ2v) is 2.33. The summed E-state index contributed by atoms with van der Waals surface area (Å²) >= 11 is 3.14. The van der Waals surface area contributed by atoms with E-state index in [2.05, 4.69) is 26.1 Å². The molecule has 3 nitrogen and oxygen atoms in total. The molecule has 0 radical (unpaired) electrons. The van der Waals surface area contributed by atoms with Crippen molar-refractivity contribution in [2.24, 2.45) is 0 Å². The molecule has 0 aromatic carbocycles. The zero-order valence-corrected chi connectivity index (χ0v) is 6.00. The molecule has 0 amide bonds. The smallest absolute Gasteiger partial charge is 0.170 e. The van der Waals surface area contributed by atoms with E-state index >= 15 is 0 Å². The third-order valence-corrected chi connectivity index (χ3v) is 1.19. The van der Waals surface area contributed by atoms with Crippen molar-refractivity contribution in [3.05, 3.63) is 22.4 Å². The van der Waals surface area contributed by atoms with Gasteiger partial charge < -0.3 is 0 Å². The fraction of sp³-hybridized carbons (Fsp3) is 0. The van der Waals surface area contributed by atoms with Gasteiger partial charge in [0.05, 0.1) is 6.20 Å². The van der Waals surface area contributed by atoms with Gasteiger partial charge in [0.1, 0.15) is 5.69 Å². The lowest BCUT2D eigenvalue weighted by Crippen LogP contribution is -1.87. The molecule has 1 heterocycles. The summed E-state index contributed by atoms with van der Waals surface area (Å²) in [6.45, 7) is 0. The van der Waals surface area contributed by atoms with Crippen molar-refractivity contribution in [3.63, 3.8) is 0 Å². The monoisotopic (exact) mass is 186 g/mol. The van der Waals surface area contributed by atoms with E-state index in [1.54, 1.807) is 6.07 Å². The lowest BCUT2D eigenvalue weighted by atomic mass is 10.4. The molecule has 0 fully saturated rings. The molecule has 46 valence electrons. The third-order valence-electron chi connectivity index (χ3n) is 0.761. The molecule has 0 unspecified atom stereocenters. The largest absolute Gasteiger partial charge is 0.296 e. The van der Waals surface area contributed by atoms with Gasteiger partial charge in [-0.15, -0.1) is 5.10 Å². The minimum Gasteiger partial charge on any atom is -0.296 e. The highest BCUT2D eigenvalue weighted by atomic mass is 79.9. The Kier molecular flexibility index (Phi) is 1.89. The first-order chi connectivity index (χ1) is 4.33. The molecule has 0 saturated carbocycles. The predicted octanol–water partition coefficient (Wildman–Crippen LogP) is 1.05. The van der Waals surface area contributed by atoms with E-state index in [9.17, 15) is 4.79 Å². The Hall–Kier alpha value is -0.770. The van der Waals surface area contributed by atoms with Crippen LogP contribution < -0.4 is 0 Å². The number of carbonyl (C=O) groups excluding carboxylic acids is 1. The van der Waals surface area contributed by atoms with Crippen molar-refractivity contribution >= 4 is 22.2 Å². The predicted molar refractivity (Wildman–Crippen MR) is 35.1 cm³/mol. The molecule has 0 saturated heterocycles. The lowest BCUT2D eigenvalue weighted by Gasteiger charge is -1.86. The minimum absolute atomic E-state index is 0.337. The van der Waals surface area contributed by atoms with Crippen LogP contribution in [0.4, 0.5) is 0 Å². The molecular formula is C5H3BrN2O. The number of hydrogen-bond donors (Lipinski definition) is 0. The van der Waals surface area contributed by atoms with Crippen molar-refractivity contribution in [3.8, 4) is 0 Å². The van der Waals surface area contributed by atoms with Crippen LogP contribution >= 0.6 is 15.9 Å². The molecule has 0 aliphatic rings. The summed E-state index contributed by atoms with van der Waals surface area (Å²) in [6.07, 6.45) is 2.17. The van der Waals surface area contributed by atoms with Crippen LogP contribution in [-0.4, -0.2) is 16.5 Å². The van der Waals surface area contributed by atoms with Crippen LogP contribution in [0.3, 0.4) is 0 Å².